The molecule has 3 N–H and O–H groups in total. The molecule has 0 spiro atoms. The van der Waals surface area contributed by atoms with Gasteiger partial charge in [-0.05, 0) is 30.2 Å². The van der Waals surface area contributed by atoms with Crippen molar-refractivity contribution < 1.29 is 13.2 Å². The molecular weight excluding hydrogens is 324 g/mol. The molecule has 0 radical (unpaired) electrons. The minimum absolute atomic E-state index is 0.0926. The van der Waals surface area contributed by atoms with Crippen molar-refractivity contribution in [3.05, 3.63) is 69.0 Å². The molecule has 1 atom stereocenters. The number of nitrogens with two attached hydrogens (primary N) is 1. The lowest BCUT2D eigenvalue weighted by molar-refractivity contribution is 0.462. The maximum atomic E-state index is 13.8. The molecular formula is C14H11Cl2F3N2. The summed E-state index contributed by atoms with van der Waals surface area (Å²) in [5.41, 5.74) is 2.52. The van der Waals surface area contributed by atoms with E-state index in [9.17, 15) is 13.2 Å². The molecule has 0 saturated heterocycles. The van der Waals surface area contributed by atoms with Crippen molar-refractivity contribution in [1.29, 1.82) is 0 Å². The van der Waals surface area contributed by atoms with Gasteiger partial charge in [0, 0.05) is 27.7 Å². The number of rotatable bonds is 4. The first-order chi connectivity index (χ1) is 9.92. The van der Waals surface area contributed by atoms with E-state index in [4.69, 9.17) is 29.0 Å². The Morgan fingerprint density at radius 3 is 2.24 bits per heavy atom. The second-order valence-corrected chi connectivity index (χ2v) is 5.29. The molecule has 2 rings (SSSR count). The first-order valence-electron chi connectivity index (χ1n) is 5.97. The predicted octanol–water partition coefficient (Wildman–Crippen LogP) is 4.16. The Morgan fingerprint density at radius 1 is 1.05 bits per heavy atom. The van der Waals surface area contributed by atoms with E-state index in [1.54, 1.807) is 18.2 Å². The largest absolute Gasteiger partial charge is 0.271 e. The lowest BCUT2D eigenvalue weighted by Gasteiger charge is -2.19. The van der Waals surface area contributed by atoms with Crippen LogP contribution in [0.3, 0.4) is 0 Å². The summed E-state index contributed by atoms with van der Waals surface area (Å²) >= 11 is 11.9. The van der Waals surface area contributed by atoms with Crippen molar-refractivity contribution in [2.24, 2.45) is 5.84 Å². The predicted molar refractivity (Wildman–Crippen MR) is 76.5 cm³/mol. The molecule has 2 aromatic rings. The number of hydrazine groups is 1. The summed E-state index contributed by atoms with van der Waals surface area (Å²) in [7, 11) is 0. The average Bonchev–Trinajstić information content (AvgIpc) is 2.40. The normalized spacial score (nSPS) is 12.5. The van der Waals surface area contributed by atoms with Crippen LogP contribution in [0.15, 0.2) is 30.3 Å². The van der Waals surface area contributed by atoms with E-state index in [1.807, 2.05) is 0 Å². The first kappa shape index (κ1) is 16.1. The minimum atomic E-state index is -1.02. The van der Waals surface area contributed by atoms with Crippen molar-refractivity contribution in [2.75, 3.05) is 0 Å². The number of nitrogens with one attached hydrogen (secondary N) is 1. The standard InChI is InChI=1S/C14H11Cl2F3N2/c15-8-1-2-10(16)7(3-8)4-13(21-20)14-11(18)5-9(17)6-12(14)19/h1-3,5-6,13,21H,4,20H2. The summed E-state index contributed by atoms with van der Waals surface area (Å²) < 4.78 is 40.5. The third-order valence-electron chi connectivity index (χ3n) is 3.03. The Balaban J connectivity index is 2.39. The van der Waals surface area contributed by atoms with Crippen LogP contribution in [-0.2, 0) is 6.42 Å². The zero-order valence-corrected chi connectivity index (χ0v) is 12.2. The van der Waals surface area contributed by atoms with Crippen LogP contribution < -0.4 is 11.3 Å². The van der Waals surface area contributed by atoms with Crippen molar-refractivity contribution in [3.8, 4) is 0 Å². The van der Waals surface area contributed by atoms with E-state index in [0.717, 1.165) is 0 Å². The molecule has 112 valence electrons. The lowest BCUT2D eigenvalue weighted by Crippen LogP contribution is -2.31. The Labute approximate surface area is 129 Å². The van der Waals surface area contributed by atoms with Crippen molar-refractivity contribution in [2.45, 2.75) is 12.5 Å². The van der Waals surface area contributed by atoms with Crippen LogP contribution in [0.25, 0.3) is 0 Å². The van der Waals surface area contributed by atoms with Gasteiger partial charge in [0.2, 0.25) is 0 Å². The van der Waals surface area contributed by atoms with E-state index < -0.39 is 23.5 Å². The zero-order chi connectivity index (χ0) is 15.6. The third kappa shape index (κ3) is 3.68. The van der Waals surface area contributed by atoms with Gasteiger partial charge in [0.15, 0.2) is 0 Å². The molecule has 0 aliphatic heterocycles. The average molecular weight is 335 g/mol. The SMILES string of the molecule is NNC(Cc1cc(Cl)ccc1Cl)c1c(F)cc(F)cc1F. The van der Waals surface area contributed by atoms with Gasteiger partial charge in [-0.25, -0.2) is 13.2 Å². The van der Waals surface area contributed by atoms with E-state index in [1.165, 1.54) is 0 Å². The second-order valence-electron chi connectivity index (χ2n) is 4.44. The Bertz CT molecular complexity index is 642. The van der Waals surface area contributed by atoms with Crippen LogP contribution in [0.5, 0.6) is 0 Å². The van der Waals surface area contributed by atoms with Gasteiger partial charge in [-0.3, -0.25) is 11.3 Å². The van der Waals surface area contributed by atoms with Crippen LogP contribution in [0.4, 0.5) is 13.2 Å². The second kappa shape index (κ2) is 6.66. The number of halogens is 5. The van der Waals surface area contributed by atoms with Crippen LogP contribution in [-0.4, -0.2) is 0 Å². The van der Waals surface area contributed by atoms with E-state index in [2.05, 4.69) is 5.43 Å². The molecule has 0 aliphatic carbocycles. The van der Waals surface area contributed by atoms with Crippen molar-refractivity contribution in [3.63, 3.8) is 0 Å². The molecule has 2 nitrogen and oxygen atoms in total. The topological polar surface area (TPSA) is 38.0 Å². The highest BCUT2D eigenvalue weighted by Gasteiger charge is 2.22. The molecule has 0 amide bonds. The molecule has 0 aliphatic rings. The van der Waals surface area contributed by atoms with Crippen LogP contribution in [0, 0.1) is 17.5 Å². The molecule has 21 heavy (non-hydrogen) atoms. The van der Waals surface area contributed by atoms with Crippen LogP contribution >= 0.6 is 23.2 Å². The minimum Gasteiger partial charge on any atom is -0.271 e. The fourth-order valence-corrected chi connectivity index (χ4v) is 2.44. The fraction of sp³-hybridized carbons (Fsp3) is 0.143. The summed E-state index contributed by atoms with van der Waals surface area (Å²) in [6.07, 6.45) is 0.0926. The Kier molecular flexibility index (Phi) is 5.11. The van der Waals surface area contributed by atoms with E-state index in [0.29, 0.717) is 27.7 Å². The molecule has 0 bridgehead atoms. The maximum absolute atomic E-state index is 13.8. The molecule has 1 unspecified atom stereocenters. The van der Waals surface area contributed by atoms with Crippen LogP contribution in [0.2, 0.25) is 10.0 Å². The van der Waals surface area contributed by atoms with Crippen LogP contribution in [0.1, 0.15) is 17.2 Å². The Hall–Kier alpha value is -1.27. The molecule has 0 heterocycles. The Morgan fingerprint density at radius 2 is 1.67 bits per heavy atom. The van der Waals surface area contributed by atoms with E-state index in [-0.39, 0.29) is 12.0 Å². The zero-order valence-electron chi connectivity index (χ0n) is 10.6. The highest BCUT2D eigenvalue weighted by atomic mass is 35.5. The van der Waals surface area contributed by atoms with Crippen molar-refractivity contribution >= 4 is 23.2 Å². The summed E-state index contributed by atoms with van der Waals surface area (Å²) in [5.74, 6) is 2.33. The molecule has 0 aromatic heterocycles. The fourth-order valence-electron chi connectivity index (χ4n) is 2.05. The summed E-state index contributed by atoms with van der Waals surface area (Å²) in [4.78, 5) is 0. The summed E-state index contributed by atoms with van der Waals surface area (Å²) in [5, 5.41) is 0.827. The molecule has 7 heteroatoms. The first-order valence-corrected chi connectivity index (χ1v) is 6.72. The highest BCUT2D eigenvalue weighted by Crippen LogP contribution is 2.28. The molecule has 0 fully saturated rings. The van der Waals surface area contributed by atoms with Crippen molar-refractivity contribution in [1.82, 2.24) is 5.43 Å². The quantitative estimate of drug-likeness (QED) is 0.650. The van der Waals surface area contributed by atoms with Gasteiger partial charge in [-0.2, -0.15) is 0 Å². The summed E-state index contributed by atoms with van der Waals surface area (Å²) in [6.45, 7) is 0. The summed E-state index contributed by atoms with van der Waals surface area (Å²) in [6, 6.07) is 5.03. The maximum Gasteiger partial charge on any atom is 0.133 e. The van der Waals surface area contributed by atoms with Gasteiger partial charge >= 0.3 is 0 Å². The lowest BCUT2D eigenvalue weighted by atomic mass is 9.98. The number of hydrogen-bond acceptors (Lipinski definition) is 2. The number of hydrogen-bond donors (Lipinski definition) is 2. The van der Waals surface area contributed by atoms with E-state index >= 15 is 0 Å². The van der Waals surface area contributed by atoms with Gasteiger partial charge in [-0.1, -0.05) is 23.2 Å². The third-order valence-corrected chi connectivity index (χ3v) is 3.63. The number of benzene rings is 2. The van der Waals surface area contributed by atoms with Gasteiger partial charge in [0.25, 0.3) is 0 Å². The van der Waals surface area contributed by atoms with Gasteiger partial charge < -0.3 is 0 Å². The molecule has 0 saturated carbocycles. The van der Waals surface area contributed by atoms with Gasteiger partial charge in [0.05, 0.1) is 6.04 Å². The highest BCUT2D eigenvalue weighted by molar-refractivity contribution is 6.33. The van der Waals surface area contributed by atoms with Gasteiger partial charge in [0.1, 0.15) is 17.5 Å². The smallest absolute Gasteiger partial charge is 0.133 e. The van der Waals surface area contributed by atoms with Gasteiger partial charge in [-0.15, -0.1) is 0 Å². The molecule has 2 aromatic carbocycles. The monoisotopic (exact) mass is 334 g/mol.